The molecule has 5 heteroatoms. The molecule has 0 saturated carbocycles. The molecule has 2 rings (SSSR count). The van der Waals surface area contributed by atoms with E-state index in [-0.39, 0.29) is 44.2 Å². The van der Waals surface area contributed by atoms with Gasteiger partial charge in [-0.15, -0.1) is 0 Å². The quantitative estimate of drug-likeness (QED) is 0.470. The minimum Gasteiger partial charge on any atom is -0.465 e. The first kappa shape index (κ1) is 15.4. The number of rotatable bonds is 5. The molecule has 1 atom stereocenters. The zero-order valence-corrected chi connectivity index (χ0v) is 12.0. The number of ether oxygens (including phenoxy) is 2. The van der Waals surface area contributed by atoms with Gasteiger partial charge in [0.15, 0.2) is 17.0 Å². The van der Waals surface area contributed by atoms with Crippen molar-refractivity contribution in [3.8, 4) is 0 Å². The summed E-state index contributed by atoms with van der Waals surface area (Å²) in [6.07, 6.45) is -0.0877. The minimum absolute atomic E-state index is 0.0940. The van der Waals surface area contributed by atoms with Crippen molar-refractivity contribution in [2.45, 2.75) is 19.8 Å². The van der Waals surface area contributed by atoms with Crippen LogP contribution in [0.25, 0.3) is 0 Å². The van der Waals surface area contributed by atoms with Crippen LogP contribution in [0.3, 0.4) is 0 Å². The Morgan fingerprint density at radius 2 is 2.00 bits per heavy atom. The van der Waals surface area contributed by atoms with Crippen LogP contribution in [0.5, 0.6) is 0 Å². The second-order valence-corrected chi connectivity index (χ2v) is 4.99. The predicted molar refractivity (Wildman–Crippen MR) is 74.9 cm³/mol. The molecule has 1 aromatic carbocycles. The number of benzene rings is 1. The smallest absolute Gasteiger partial charge is 0.322 e. The van der Waals surface area contributed by atoms with Crippen molar-refractivity contribution >= 4 is 17.5 Å². The van der Waals surface area contributed by atoms with Crippen LogP contribution in [0.1, 0.15) is 30.1 Å². The predicted octanol–water partition coefficient (Wildman–Crippen LogP) is 1.80. The van der Waals surface area contributed by atoms with Crippen LogP contribution >= 0.6 is 0 Å². The fraction of sp³-hybridized carbons (Fsp3) is 0.438. The Morgan fingerprint density at radius 1 is 1.29 bits per heavy atom. The van der Waals surface area contributed by atoms with Gasteiger partial charge in [-0.2, -0.15) is 0 Å². The SMILES string of the molecule is CCOC(=O)C1(CC(=O)c2ccccc2)COCCC1=O. The average molecular weight is 290 g/mol. The second kappa shape index (κ2) is 6.63. The standard InChI is InChI=1S/C16H18O5/c1-2-21-15(19)16(11-20-9-8-14(16)18)10-13(17)12-6-4-3-5-7-12/h3-7H,2,8-11H2,1H3. The van der Waals surface area contributed by atoms with Gasteiger partial charge in [0.05, 0.1) is 19.8 Å². The molecule has 1 fully saturated rings. The molecule has 21 heavy (non-hydrogen) atoms. The van der Waals surface area contributed by atoms with Crippen molar-refractivity contribution < 1.29 is 23.9 Å². The van der Waals surface area contributed by atoms with Gasteiger partial charge in [0.25, 0.3) is 0 Å². The summed E-state index contributed by atoms with van der Waals surface area (Å²) in [7, 11) is 0. The lowest BCUT2D eigenvalue weighted by Crippen LogP contribution is -2.49. The summed E-state index contributed by atoms with van der Waals surface area (Å²) in [4.78, 5) is 36.8. The molecule has 1 unspecified atom stereocenters. The summed E-state index contributed by atoms with van der Waals surface area (Å²) >= 11 is 0. The molecule has 0 aromatic heterocycles. The number of Topliss-reactive ketones (excluding diaryl/α,β-unsaturated/α-hetero) is 2. The Balaban J connectivity index is 2.26. The lowest BCUT2D eigenvalue weighted by atomic mass is 9.76. The number of hydrogen-bond acceptors (Lipinski definition) is 5. The highest BCUT2D eigenvalue weighted by Crippen LogP contribution is 2.32. The van der Waals surface area contributed by atoms with Gasteiger partial charge < -0.3 is 9.47 Å². The topological polar surface area (TPSA) is 69.7 Å². The summed E-state index contributed by atoms with van der Waals surface area (Å²) in [5.74, 6) is -1.21. The number of esters is 1. The van der Waals surface area contributed by atoms with E-state index < -0.39 is 11.4 Å². The molecule has 0 aliphatic carbocycles. The molecule has 5 nitrogen and oxygen atoms in total. The van der Waals surface area contributed by atoms with Crippen molar-refractivity contribution in [1.29, 1.82) is 0 Å². The maximum Gasteiger partial charge on any atom is 0.322 e. The number of carbonyl (C=O) groups is 3. The van der Waals surface area contributed by atoms with Gasteiger partial charge in [0.2, 0.25) is 0 Å². The molecule has 0 amide bonds. The summed E-state index contributed by atoms with van der Waals surface area (Å²) in [6, 6.07) is 8.60. The van der Waals surface area contributed by atoms with Gasteiger partial charge in [-0.05, 0) is 6.92 Å². The van der Waals surface area contributed by atoms with Gasteiger partial charge in [0.1, 0.15) is 0 Å². The molecular weight excluding hydrogens is 272 g/mol. The zero-order chi connectivity index (χ0) is 15.3. The van der Waals surface area contributed by atoms with Gasteiger partial charge in [-0.3, -0.25) is 14.4 Å². The third-order valence-electron chi connectivity index (χ3n) is 3.58. The molecule has 0 spiro atoms. The lowest BCUT2D eigenvalue weighted by Gasteiger charge is -2.32. The third kappa shape index (κ3) is 3.19. The highest BCUT2D eigenvalue weighted by atomic mass is 16.5. The Labute approximate surface area is 123 Å². The number of ketones is 2. The van der Waals surface area contributed by atoms with Crippen LogP contribution in [0.15, 0.2) is 30.3 Å². The van der Waals surface area contributed by atoms with E-state index in [9.17, 15) is 14.4 Å². The fourth-order valence-electron chi connectivity index (χ4n) is 2.40. The minimum atomic E-state index is -1.50. The zero-order valence-electron chi connectivity index (χ0n) is 12.0. The van der Waals surface area contributed by atoms with Crippen LogP contribution in [-0.4, -0.2) is 37.4 Å². The van der Waals surface area contributed by atoms with E-state index in [1.807, 2.05) is 0 Å². The highest BCUT2D eigenvalue weighted by molar-refractivity contribution is 6.10. The van der Waals surface area contributed by atoms with Gasteiger partial charge in [-0.25, -0.2) is 0 Å². The van der Waals surface area contributed by atoms with Crippen LogP contribution in [0, 0.1) is 5.41 Å². The van der Waals surface area contributed by atoms with E-state index in [0.717, 1.165) is 0 Å². The summed E-state index contributed by atoms with van der Waals surface area (Å²) < 4.78 is 10.3. The summed E-state index contributed by atoms with van der Waals surface area (Å²) in [6.45, 7) is 2.01. The van der Waals surface area contributed by atoms with Gasteiger partial charge >= 0.3 is 5.97 Å². The number of carbonyl (C=O) groups excluding carboxylic acids is 3. The van der Waals surface area contributed by atoms with Crippen molar-refractivity contribution in [3.63, 3.8) is 0 Å². The van der Waals surface area contributed by atoms with Gasteiger partial charge in [0, 0.05) is 18.4 Å². The Hall–Kier alpha value is -2.01. The molecule has 0 N–H and O–H groups in total. The summed E-state index contributed by atoms with van der Waals surface area (Å²) in [5.41, 5.74) is -1.03. The first-order valence-corrected chi connectivity index (χ1v) is 6.96. The average Bonchev–Trinajstić information content (AvgIpc) is 2.50. The van der Waals surface area contributed by atoms with Gasteiger partial charge in [-0.1, -0.05) is 30.3 Å². The first-order chi connectivity index (χ1) is 10.1. The molecule has 1 heterocycles. The largest absolute Gasteiger partial charge is 0.465 e. The van der Waals surface area contributed by atoms with Crippen LogP contribution < -0.4 is 0 Å². The van der Waals surface area contributed by atoms with Crippen molar-refractivity contribution in [2.24, 2.45) is 5.41 Å². The lowest BCUT2D eigenvalue weighted by molar-refractivity contribution is -0.168. The van der Waals surface area contributed by atoms with Crippen LogP contribution in [0.4, 0.5) is 0 Å². The van der Waals surface area contributed by atoms with Crippen molar-refractivity contribution in [2.75, 3.05) is 19.8 Å². The Kier molecular flexibility index (Phi) is 4.85. The molecule has 112 valence electrons. The monoisotopic (exact) mass is 290 g/mol. The van der Waals surface area contributed by atoms with E-state index in [0.29, 0.717) is 5.56 Å². The van der Waals surface area contributed by atoms with Crippen molar-refractivity contribution in [1.82, 2.24) is 0 Å². The Morgan fingerprint density at radius 3 is 2.62 bits per heavy atom. The molecule has 1 aromatic rings. The highest BCUT2D eigenvalue weighted by Gasteiger charge is 2.50. The molecule has 1 saturated heterocycles. The van der Waals surface area contributed by atoms with E-state index in [2.05, 4.69) is 0 Å². The molecular formula is C16H18O5. The Bertz CT molecular complexity index is 537. The molecule has 0 radical (unpaired) electrons. The first-order valence-electron chi connectivity index (χ1n) is 6.96. The van der Waals surface area contributed by atoms with Crippen LogP contribution in [-0.2, 0) is 19.1 Å². The van der Waals surface area contributed by atoms with E-state index in [1.165, 1.54) is 0 Å². The van der Waals surface area contributed by atoms with E-state index in [4.69, 9.17) is 9.47 Å². The maximum absolute atomic E-state index is 12.4. The second-order valence-electron chi connectivity index (χ2n) is 4.99. The van der Waals surface area contributed by atoms with E-state index >= 15 is 0 Å². The maximum atomic E-state index is 12.4. The molecule has 1 aliphatic rings. The van der Waals surface area contributed by atoms with Crippen molar-refractivity contribution in [3.05, 3.63) is 35.9 Å². The number of hydrogen-bond donors (Lipinski definition) is 0. The van der Waals surface area contributed by atoms with Crippen LogP contribution in [0.2, 0.25) is 0 Å². The fourth-order valence-corrected chi connectivity index (χ4v) is 2.40. The summed E-state index contributed by atoms with van der Waals surface area (Å²) in [5, 5.41) is 0. The molecule has 0 bridgehead atoms. The third-order valence-corrected chi connectivity index (χ3v) is 3.58. The van der Waals surface area contributed by atoms with E-state index in [1.54, 1.807) is 37.3 Å². The normalized spacial score (nSPS) is 21.9. The molecule has 1 aliphatic heterocycles.